The van der Waals surface area contributed by atoms with Crippen LogP contribution in [0.15, 0.2) is 21.5 Å². The molecule has 1 fully saturated rings. The molecule has 1 saturated heterocycles. The molecule has 2 aliphatic rings. The maximum absolute atomic E-state index is 14.5. The fraction of sp³-hybridized carbons (Fsp3) is 0.421. The van der Waals surface area contributed by atoms with Crippen LogP contribution >= 0.6 is 15.9 Å². The van der Waals surface area contributed by atoms with Crippen molar-refractivity contribution < 1.29 is 18.7 Å². The molecule has 0 radical (unpaired) electrons. The Kier molecular flexibility index (Phi) is 4.09. The molecule has 0 bridgehead atoms. The third-order valence-corrected chi connectivity index (χ3v) is 6.45. The Morgan fingerprint density at radius 3 is 3.03 bits per heavy atom. The second-order valence-corrected chi connectivity index (χ2v) is 8.05. The van der Waals surface area contributed by atoms with E-state index in [4.69, 9.17) is 9.47 Å². The lowest BCUT2D eigenvalue weighted by Crippen LogP contribution is -2.50. The zero-order valence-corrected chi connectivity index (χ0v) is 17.4. The van der Waals surface area contributed by atoms with Gasteiger partial charge in [-0.1, -0.05) is 0 Å². The summed E-state index contributed by atoms with van der Waals surface area (Å²) in [5, 5.41) is 0.588. The van der Waals surface area contributed by atoms with Crippen LogP contribution in [0.5, 0.6) is 5.75 Å². The summed E-state index contributed by atoms with van der Waals surface area (Å²) in [6.07, 6.45) is 1.14. The van der Waals surface area contributed by atoms with Gasteiger partial charge in [-0.3, -0.25) is 14.1 Å². The molecule has 1 aromatic carbocycles. The van der Waals surface area contributed by atoms with Crippen molar-refractivity contribution >= 4 is 44.0 Å². The summed E-state index contributed by atoms with van der Waals surface area (Å²) in [5.74, 6) is -0.198. The summed E-state index contributed by atoms with van der Waals surface area (Å²) in [6, 6.07) is 1.03. The number of halogens is 2. The van der Waals surface area contributed by atoms with Gasteiger partial charge >= 0.3 is 11.8 Å². The number of piperidine rings is 1. The van der Waals surface area contributed by atoms with Gasteiger partial charge in [0.05, 0.1) is 51.8 Å². The van der Waals surface area contributed by atoms with E-state index in [0.29, 0.717) is 40.7 Å². The summed E-state index contributed by atoms with van der Waals surface area (Å²) >= 11 is 3.29. The Morgan fingerprint density at radius 2 is 2.28 bits per heavy atom. The smallest absolute Gasteiger partial charge is 0.409 e. The Hall–Kier alpha value is -2.62. The second kappa shape index (κ2) is 6.45. The van der Waals surface area contributed by atoms with Crippen LogP contribution in [-0.4, -0.2) is 50.9 Å². The van der Waals surface area contributed by atoms with E-state index >= 15 is 0 Å². The first-order chi connectivity index (χ1) is 13.9. The number of benzene rings is 1. The molecule has 0 aliphatic carbocycles. The van der Waals surface area contributed by atoms with Gasteiger partial charge in [0.2, 0.25) is 0 Å². The minimum Gasteiger partial charge on any atom is -0.484 e. The van der Waals surface area contributed by atoms with Crippen molar-refractivity contribution in [3.05, 3.63) is 33.0 Å². The lowest BCUT2D eigenvalue weighted by atomic mass is 10.0. The van der Waals surface area contributed by atoms with E-state index in [1.165, 1.54) is 6.07 Å². The molecule has 0 N–H and O–H groups in total. The van der Waals surface area contributed by atoms with Gasteiger partial charge in [0.15, 0.2) is 0 Å². The van der Waals surface area contributed by atoms with Crippen LogP contribution in [0.3, 0.4) is 0 Å². The molecular formula is C19H18BrFN4O4. The van der Waals surface area contributed by atoms with Gasteiger partial charge in [0.1, 0.15) is 17.7 Å². The lowest BCUT2D eigenvalue weighted by molar-refractivity contribution is 0.0355. The average Bonchev–Trinajstić information content (AvgIpc) is 2.86. The summed E-state index contributed by atoms with van der Waals surface area (Å²) in [5.41, 5.74) is 1.55. The minimum atomic E-state index is -0.537. The molecule has 8 nitrogen and oxygen atoms in total. The SMILES string of the molecule is CCOC(=O)N1CC[C@H]2[C@@H](C1)Oc1c(Br)c(F)cc3ncc4c(c13)n2c(=O)n4C. The first-order valence-electron chi connectivity index (χ1n) is 9.38. The zero-order chi connectivity index (χ0) is 20.4. The van der Waals surface area contributed by atoms with Gasteiger partial charge in [0.25, 0.3) is 0 Å². The van der Waals surface area contributed by atoms with Crippen molar-refractivity contribution in [1.82, 2.24) is 19.0 Å². The van der Waals surface area contributed by atoms with Crippen LogP contribution in [0, 0.1) is 5.82 Å². The quantitative estimate of drug-likeness (QED) is 0.553. The topological polar surface area (TPSA) is 78.6 Å². The van der Waals surface area contributed by atoms with E-state index in [-0.39, 0.29) is 29.4 Å². The maximum atomic E-state index is 14.5. The van der Waals surface area contributed by atoms with E-state index in [9.17, 15) is 14.0 Å². The standard InChI is InChI=1S/C19H18BrFN4O4/c1-3-28-19(27)24-5-4-11-13(8-24)29-17-14-10(6-9(21)15(17)20)22-7-12-16(14)25(11)18(26)23(12)2/h6-7,11,13H,3-5,8H2,1-2H3/t11-,13+/m0/s1. The number of nitrogens with zero attached hydrogens (tertiary/aromatic N) is 4. The third kappa shape index (κ3) is 2.51. The van der Waals surface area contributed by atoms with E-state index in [1.54, 1.807) is 34.2 Å². The van der Waals surface area contributed by atoms with E-state index in [1.807, 2.05) is 0 Å². The summed E-state index contributed by atoms with van der Waals surface area (Å²) in [6.45, 7) is 2.69. The molecule has 0 spiro atoms. The third-order valence-electron chi connectivity index (χ3n) is 5.71. The van der Waals surface area contributed by atoms with Gasteiger partial charge in [0, 0.05) is 19.7 Å². The van der Waals surface area contributed by atoms with Gasteiger partial charge in [-0.05, 0) is 29.3 Å². The van der Waals surface area contributed by atoms with Gasteiger partial charge in [-0.2, -0.15) is 0 Å². The molecule has 1 amide bonds. The molecule has 29 heavy (non-hydrogen) atoms. The van der Waals surface area contributed by atoms with Gasteiger partial charge < -0.3 is 14.4 Å². The maximum Gasteiger partial charge on any atom is 0.409 e. The van der Waals surface area contributed by atoms with Crippen molar-refractivity contribution in [2.24, 2.45) is 7.05 Å². The Bertz CT molecular complexity index is 1240. The predicted molar refractivity (Wildman–Crippen MR) is 107 cm³/mol. The van der Waals surface area contributed by atoms with Crippen molar-refractivity contribution in [3.8, 4) is 5.75 Å². The van der Waals surface area contributed by atoms with Crippen LogP contribution < -0.4 is 10.4 Å². The second-order valence-electron chi connectivity index (χ2n) is 7.26. The van der Waals surface area contributed by atoms with Crippen LogP contribution in [0.25, 0.3) is 21.9 Å². The average molecular weight is 465 g/mol. The molecule has 5 rings (SSSR count). The number of amides is 1. The summed E-state index contributed by atoms with van der Waals surface area (Å²) < 4.78 is 29.4. The van der Waals surface area contributed by atoms with E-state index in [2.05, 4.69) is 20.9 Å². The van der Waals surface area contributed by atoms with Gasteiger partial charge in [-0.25, -0.2) is 14.0 Å². The predicted octanol–water partition coefficient (Wildman–Crippen LogP) is 2.95. The number of likely N-dealkylation sites (tertiary alicyclic amines) is 1. The minimum absolute atomic E-state index is 0.177. The molecule has 4 heterocycles. The van der Waals surface area contributed by atoms with Crippen molar-refractivity contribution in [2.45, 2.75) is 25.5 Å². The molecule has 10 heteroatoms. The first-order valence-corrected chi connectivity index (χ1v) is 10.2. The molecule has 0 saturated carbocycles. The van der Waals surface area contributed by atoms with Crippen molar-refractivity contribution in [2.75, 3.05) is 19.7 Å². The molecule has 0 unspecified atom stereocenters. The number of aryl methyl sites for hydroxylation is 1. The highest BCUT2D eigenvalue weighted by Gasteiger charge is 2.40. The molecule has 2 aromatic heterocycles. The highest BCUT2D eigenvalue weighted by atomic mass is 79.9. The number of ether oxygens (including phenoxy) is 2. The number of pyridine rings is 1. The zero-order valence-electron chi connectivity index (χ0n) is 15.8. The highest BCUT2D eigenvalue weighted by molar-refractivity contribution is 9.10. The van der Waals surface area contributed by atoms with E-state index in [0.717, 1.165) is 0 Å². The number of hydrogen-bond donors (Lipinski definition) is 0. The monoisotopic (exact) mass is 464 g/mol. The highest BCUT2D eigenvalue weighted by Crippen LogP contribution is 2.44. The normalized spacial score (nSPS) is 20.6. The molecule has 3 aromatic rings. The fourth-order valence-corrected chi connectivity index (χ4v) is 4.76. The molecule has 2 aliphatic heterocycles. The number of carbonyl (C=O) groups excluding carboxylic acids is 1. The van der Waals surface area contributed by atoms with Crippen molar-refractivity contribution in [3.63, 3.8) is 0 Å². The van der Waals surface area contributed by atoms with Gasteiger partial charge in [-0.15, -0.1) is 0 Å². The molecule has 2 atom stereocenters. The first kappa shape index (κ1) is 18.4. The van der Waals surface area contributed by atoms with E-state index < -0.39 is 18.0 Å². The molecule has 152 valence electrons. The Labute approximate surface area is 172 Å². The summed E-state index contributed by atoms with van der Waals surface area (Å²) in [7, 11) is 1.69. The molecular weight excluding hydrogens is 447 g/mol. The summed E-state index contributed by atoms with van der Waals surface area (Å²) in [4.78, 5) is 31.3. The fourth-order valence-electron chi connectivity index (χ4n) is 4.36. The lowest BCUT2D eigenvalue weighted by Gasteiger charge is -2.37. The number of rotatable bonds is 1. The van der Waals surface area contributed by atoms with Crippen molar-refractivity contribution in [1.29, 1.82) is 0 Å². The number of aromatic nitrogens is 3. The van der Waals surface area contributed by atoms with Crippen LogP contribution in [-0.2, 0) is 11.8 Å². The largest absolute Gasteiger partial charge is 0.484 e. The number of carbonyl (C=O) groups is 1. The number of imidazole rings is 1. The van der Waals surface area contributed by atoms with Crippen LogP contribution in [0.4, 0.5) is 9.18 Å². The Morgan fingerprint density at radius 1 is 1.48 bits per heavy atom. The Balaban J connectivity index is 1.77. The number of hydrogen-bond acceptors (Lipinski definition) is 5. The van der Waals surface area contributed by atoms with Crippen LogP contribution in [0.2, 0.25) is 0 Å². The van der Waals surface area contributed by atoms with Crippen LogP contribution in [0.1, 0.15) is 19.4 Å². The number of fused-ring (bicyclic) bond motifs is 2.